The summed E-state index contributed by atoms with van der Waals surface area (Å²) in [6.45, 7) is 7.80. The van der Waals surface area contributed by atoms with Gasteiger partial charge in [0.05, 0.1) is 22.1 Å². The number of nitrogens with two attached hydrogens (primary N) is 2. The van der Waals surface area contributed by atoms with Gasteiger partial charge in [-0.1, -0.05) is 11.6 Å². The van der Waals surface area contributed by atoms with E-state index in [4.69, 9.17) is 23.2 Å². The highest BCUT2D eigenvalue weighted by Crippen LogP contribution is 2.31. The van der Waals surface area contributed by atoms with E-state index in [1.807, 2.05) is 18.2 Å². The highest BCUT2D eigenvalue weighted by atomic mass is 35.5. The van der Waals surface area contributed by atoms with Crippen molar-refractivity contribution >= 4 is 40.3 Å². The number of hydrogen-bond donors (Lipinski definition) is 3. The van der Waals surface area contributed by atoms with Crippen molar-refractivity contribution in [1.29, 1.82) is 0 Å². The lowest BCUT2D eigenvalue weighted by Crippen LogP contribution is -2.47. The molecule has 0 spiro atoms. The zero-order valence-corrected chi connectivity index (χ0v) is 15.9. The molecule has 0 radical (unpaired) electrons. The fraction of sp³-hybridized carbons (Fsp3) is 0.375. The van der Waals surface area contributed by atoms with Crippen LogP contribution in [0.2, 0.25) is 5.02 Å². The molecule has 3 rings (SSSR count). The van der Waals surface area contributed by atoms with Crippen LogP contribution in [0.4, 0.5) is 11.4 Å². The summed E-state index contributed by atoms with van der Waals surface area (Å²) in [5, 5.41) is 4.53. The first-order valence-corrected chi connectivity index (χ1v) is 9.18. The van der Waals surface area contributed by atoms with Gasteiger partial charge in [0.1, 0.15) is 0 Å². The summed E-state index contributed by atoms with van der Waals surface area (Å²) >= 11 is 7.98. The molecule has 2 heterocycles. The van der Waals surface area contributed by atoms with Crippen LogP contribution in [0, 0.1) is 13.8 Å². The van der Waals surface area contributed by atoms with E-state index in [2.05, 4.69) is 38.7 Å². The molecule has 1 saturated heterocycles. The lowest BCUT2D eigenvalue weighted by atomic mass is 10.1. The molecule has 1 aliphatic heterocycles. The molecule has 134 valence electrons. The van der Waals surface area contributed by atoms with Crippen LogP contribution < -0.4 is 26.9 Å². The Balaban J connectivity index is 1.77. The quantitative estimate of drug-likeness (QED) is 0.324. The van der Waals surface area contributed by atoms with Crippen molar-refractivity contribution in [2.75, 3.05) is 36.0 Å². The lowest BCUT2D eigenvalue weighted by Gasteiger charge is -2.38. The first-order valence-electron chi connectivity index (χ1n) is 8.02. The van der Waals surface area contributed by atoms with Crippen LogP contribution in [-0.2, 0) is 0 Å². The Bertz CT molecular complexity index is 761. The Labute approximate surface area is 156 Å². The summed E-state index contributed by atoms with van der Waals surface area (Å²) in [4.78, 5) is 5.94. The van der Waals surface area contributed by atoms with Crippen LogP contribution in [0.25, 0.3) is 0 Å². The Hall–Kier alpha value is -2.03. The summed E-state index contributed by atoms with van der Waals surface area (Å²) in [5.41, 5.74) is 12.2. The molecule has 1 aromatic heterocycles. The predicted octanol–water partition coefficient (Wildman–Crippen LogP) is 1.82. The monoisotopic (exact) mass is 379 g/mol. The maximum atomic E-state index is 6.41. The van der Waals surface area contributed by atoms with Crippen molar-refractivity contribution in [3.8, 4) is 0 Å². The number of nitrogens with zero attached hydrogens (tertiary/aromatic N) is 4. The summed E-state index contributed by atoms with van der Waals surface area (Å²) in [7, 11) is 0. The van der Waals surface area contributed by atoms with Crippen molar-refractivity contribution in [2.45, 2.75) is 13.8 Å². The second kappa shape index (κ2) is 7.47. The predicted molar refractivity (Wildman–Crippen MR) is 106 cm³/mol. The van der Waals surface area contributed by atoms with Crippen LogP contribution in [0.1, 0.15) is 16.1 Å². The van der Waals surface area contributed by atoms with Gasteiger partial charge in [-0.25, -0.2) is 11.4 Å². The maximum Gasteiger partial charge on any atom is 0.152 e. The molecular formula is C16H22ClN7S. The first kappa shape index (κ1) is 17.8. The van der Waals surface area contributed by atoms with Crippen LogP contribution in [-0.4, -0.2) is 36.4 Å². The van der Waals surface area contributed by atoms with Gasteiger partial charge in [0.25, 0.3) is 0 Å². The number of nitrogens with one attached hydrogen (secondary N) is 1. The molecule has 1 aliphatic rings. The molecule has 9 heteroatoms. The molecule has 2 aromatic rings. The van der Waals surface area contributed by atoms with Gasteiger partial charge >= 0.3 is 0 Å². The van der Waals surface area contributed by atoms with Crippen molar-refractivity contribution < 1.29 is 0 Å². The van der Waals surface area contributed by atoms with Crippen molar-refractivity contribution in [1.82, 2.24) is 9.91 Å². The zero-order chi connectivity index (χ0) is 18.0. The van der Waals surface area contributed by atoms with Gasteiger partial charge in [0.2, 0.25) is 0 Å². The molecular weight excluding hydrogens is 358 g/mol. The number of anilines is 2. The van der Waals surface area contributed by atoms with Gasteiger partial charge in [0.15, 0.2) is 5.84 Å². The van der Waals surface area contributed by atoms with Gasteiger partial charge < -0.3 is 15.5 Å². The second-order valence-corrected chi connectivity index (χ2v) is 7.32. The van der Waals surface area contributed by atoms with Crippen LogP contribution in [0.15, 0.2) is 23.3 Å². The summed E-state index contributed by atoms with van der Waals surface area (Å²) < 4.78 is 4.45. The first-order chi connectivity index (χ1) is 12.0. The van der Waals surface area contributed by atoms with Crippen molar-refractivity contribution in [3.05, 3.63) is 39.4 Å². The topological polar surface area (TPSA) is 95.8 Å². The van der Waals surface area contributed by atoms with Gasteiger partial charge in [-0.3, -0.25) is 0 Å². The average molecular weight is 380 g/mol. The minimum atomic E-state index is 0.328. The van der Waals surface area contributed by atoms with Gasteiger partial charge in [-0.05, 0) is 43.6 Å². The van der Waals surface area contributed by atoms with E-state index in [0.29, 0.717) is 10.9 Å². The molecule has 1 fully saturated rings. The van der Waals surface area contributed by atoms with Crippen LogP contribution >= 0.6 is 23.1 Å². The number of aryl methyl sites for hydroxylation is 2. The number of rotatable bonds is 4. The van der Waals surface area contributed by atoms with E-state index >= 15 is 0 Å². The standard InChI is InChI=1S/C16H22ClN7S/c1-10-15(11(2)25-21-10)24-7-5-23(6-8-24)14-9-12(3-4-13(14)17)16(18)20-22-19/h3-4,9,22H,5-8,19H2,1-2H3,(H2,18,20). The van der Waals surface area contributed by atoms with Crippen LogP contribution in [0.3, 0.4) is 0 Å². The summed E-state index contributed by atoms with van der Waals surface area (Å²) in [6.07, 6.45) is 0. The van der Waals surface area contributed by atoms with Crippen molar-refractivity contribution in [3.63, 3.8) is 0 Å². The zero-order valence-electron chi connectivity index (χ0n) is 14.3. The fourth-order valence-corrected chi connectivity index (χ4v) is 4.11. The SMILES string of the molecule is Cc1nsc(C)c1N1CCN(c2cc(/C(N)=N/NN)ccc2Cl)CC1. The van der Waals surface area contributed by atoms with Gasteiger partial charge in [-0.15, -0.1) is 5.10 Å². The van der Waals surface area contributed by atoms with Gasteiger partial charge in [0, 0.05) is 36.6 Å². The molecule has 5 N–H and O–H groups in total. The van der Waals surface area contributed by atoms with E-state index in [1.165, 1.54) is 10.6 Å². The molecule has 0 amide bonds. The normalized spacial score (nSPS) is 15.6. The fourth-order valence-electron chi connectivity index (χ4n) is 3.15. The van der Waals surface area contributed by atoms with E-state index < -0.39 is 0 Å². The molecule has 0 atom stereocenters. The number of hydrazine groups is 1. The number of piperazine rings is 1. The Kier molecular flexibility index (Phi) is 5.31. The third-order valence-electron chi connectivity index (χ3n) is 4.36. The minimum Gasteiger partial charge on any atom is -0.382 e. The van der Waals surface area contributed by atoms with E-state index in [0.717, 1.165) is 43.1 Å². The van der Waals surface area contributed by atoms with Gasteiger partial charge in [-0.2, -0.15) is 4.37 Å². The largest absolute Gasteiger partial charge is 0.382 e. The molecule has 1 aromatic carbocycles. The maximum absolute atomic E-state index is 6.41. The molecule has 0 unspecified atom stereocenters. The molecule has 0 aliphatic carbocycles. The summed E-state index contributed by atoms with van der Waals surface area (Å²) in [5.74, 6) is 5.53. The number of aromatic nitrogens is 1. The summed E-state index contributed by atoms with van der Waals surface area (Å²) in [6, 6.07) is 5.63. The third kappa shape index (κ3) is 3.65. The highest BCUT2D eigenvalue weighted by Gasteiger charge is 2.23. The Morgan fingerprint density at radius 1 is 1.24 bits per heavy atom. The highest BCUT2D eigenvalue weighted by molar-refractivity contribution is 7.06. The van der Waals surface area contributed by atoms with Crippen molar-refractivity contribution in [2.24, 2.45) is 16.7 Å². The number of hydrogen-bond acceptors (Lipinski definition) is 7. The average Bonchev–Trinajstić information content (AvgIpc) is 2.94. The molecule has 0 saturated carbocycles. The lowest BCUT2D eigenvalue weighted by molar-refractivity contribution is 0.651. The number of hydrazone groups is 1. The number of amidine groups is 1. The molecule has 25 heavy (non-hydrogen) atoms. The Morgan fingerprint density at radius 3 is 2.52 bits per heavy atom. The van der Waals surface area contributed by atoms with Crippen LogP contribution in [0.5, 0.6) is 0 Å². The number of halogens is 1. The van der Waals surface area contributed by atoms with E-state index in [-0.39, 0.29) is 0 Å². The Morgan fingerprint density at radius 2 is 1.92 bits per heavy atom. The second-order valence-electron chi connectivity index (χ2n) is 5.94. The van der Waals surface area contributed by atoms with E-state index in [9.17, 15) is 0 Å². The molecule has 0 bridgehead atoms. The number of benzene rings is 1. The molecule has 7 nitrogen and oxygen atoms in total. The smallest absolute Gasteiger partial charge is 0.152 e. The van der Waals surface area contributed by atoms with E-state index in [1.54, 1.807) is 11.5 Å². The third-order valence-corrected chi connectivity index (χ3v) is 5.51. The minimum absolute atomic E-state index is 0.328.